The molecule has 0 aromatic heterocycles. The van der Waals surface area contributed by atoms with E-state index in [0.29, 0.717) is 18.5 Å². The van der Waals surface area contributed by atoms with Gasteiger partial charge < -0.3 is 20.3 Å². The van der Waals surface area contributed by atoms with Crippen LogP contribution in [-0.2, 0) is 0 Å². The highest BCUT2D eigenvalue weighted by Gasteiger charge is 2.21. The van der Waals surface area contributed by atoms with Crippen LogP contribution in [0.4, 0.5) is 10.5 Å². The van der Waals surface area contributed by atoms with E-state index >= 15 is 0 Å². The van der Waals surface area contributed by atoms with Gasteiger partial charge in [0.25, 0.3) is 0 Å². The third-order valence-corrected chi connectivity index (χ3v) is 4.06. The van der Waals surface area contributed by atoms with Crippen LogP contribution < -0.4 is 15.4 Å². The molecule has 0 bridgehead atoms. The third kappa shape index (κ3) is 5.56. The molecule has 0 saturated heterocycles. The number of amides is 2. The number of urea groups is 1. The molecule has 0 heterocycles. The molecule has 0 spiro atoms. The molecule has 1 atom stereocenters. The number of carbonyl (C=O) groups excluding carboxylic acids is 1. The number of hydrogen-bond donors (Lipinski definition) is 2. The summed E-state index contributed by atoms with van der Waals surface area (Å²) in [5, 5.41) is 5.80. The molecule has 5 heteroatoms. The molecule has 1 aromatic carbocycles. The number of methoxy groups -OCH3 is 1. The molecular weight excluding hydrogens is 278 g/mol. The number of anilines is 1. The number of nitrogens with zero attached hydrogens (tertiary/aromatic N) is 1. The van der Waals surface area contributed by atoms with E-state index < -0.39 is 0 Å². The Hall–Kier alpha value is -1.75. The van der Waals surface area contributed by atoms with Crippen LogP contribution in [0.3, 0.4) is 0 Å². The van der Waals surface area contributed by atoms with E-state index in [2.05, 4.69) is 43.5 Å². The first kappa shape index (κ1) is 18.3. The Kier molecular flexibility index (Phi) is 7.74. The summed E-state index contributed by atoms with van der Waals surface area (Å²) in [6.45, 7) is 5.02. The van der Waals surface area contributed by atoms with Gasteiger partial charge >= 0.3 is 6.03 Å². The van der Waals surface area contributed by atoms with Crippen molar-refractivity contribution < 1.29 is 9.53 Å². The highest BCUT2D eigenvalue weighted by molar-refractivity contribution is 5.89. The predicted molar refractivity (Wildman–Crippen MR) is 91.6 cm³/mol. The van der Waals surface area contributed by atoms with Gasteiger partial charge in [0.2, 0.25) is 0 Å². The summed E-state index contributed by atoms with van der Waals surface area (Å²) in [6, 6.07) is 7.48. The van der Waals surface area contributed by atoms with Crippen molar-refractivity contribution in [3.63, 3.8) is 0 Å². The zero-order chi connectivity index (χ0) is 16.5. The number of likely N-dealkylation sites (N-methyl/N-ethyl adjacent to an activating group) is 1. The molecule has 0 saturated carbocycles. The summed E-state index contributed by atoms with van der Waals surface area (Å²) in [7, 11) is 5.73. The van der Waals surface area contributed by atoms with Crippen molar-refractivity contribution in [2.45, 2.75) is 32.7 Å². The number of benzene rings is 1. The van der Waals surface area contributed by atoms with Gasteiger partial charge in [-0.2, -0.15) is 0 Å². The van der Waals surface area contributed by atoms with E-state index in [1.165, 1.54) is 0 Å². The number of hydrogen-bond acceptors (Lipinski definition) is 3. The topological polar surface area (TPSA) is 53.6 Å². The lowest BCUT2D eigenvalue weighted by molar-refractivity contribution is 0.193. The van der Waals surface area contributed by atoms with Crippen molar-refractivity contribution in [3.05, 3.63) is 24.3 Å². The number of ether oxygens (including phenoxy) is 1. The third-order valence-electron chi connectivity index (χ3n) is 4.06. The van der Waals surface area contributed by atoms with Gasteiger partial charge in [-0.1, -0.05) is 32.8 Å². The second kappa shape index (κ2) is 9.30. The Labute approximate surface area is 134 Å². The summed E-state index contributed by atoms with van der Waals surface area (Å²) >= 11 is 0. The van der Waals surface area contributed by atoms with E-state index in [1.807, 2.05) is 18.2 Å². The van der Waals surface area contributed by atoms with Crippen molar-refractivity contribution in [1.82, 2.24) is 10.2 Å². The predicted octanol–water partition coefficient (Wildman–Crippen LogP) is 3.18. The van der Waals surface area contributed by atoms with Crippen LogP contribution in [0.15, 0.2) is 24.3 Å². The van der Waals surface area contributed by atoms with Crippen LogP contribution >= 0.6 is 0 Å². The number of rotatable bonds is 8. The van der Waals surface area contributed by atoms with Gasteiger partial charge in [-0.05, 0) is 32.1 Å². The fourth-order valence-corrected chi connectivity index (χ4v) is 2.68. The van der Waals surface area contributed by atoms with Crippen LogP contribution in [0.2, 0.25) is 0 Å². The Balaban J connectivity index is 2.56. The van der Waals surface area contributed by atoms with Gasteiger partial charge in [0.15, 0.2) is 0 Å². The van der Waals surface area contributed by atoms with Crippen LogP contribution in [0.25, 0.3) is 0 Å². The van der Waals surface area contributed by atoms with Gasteiger partial charge in [0.05, 0.1) is 7.11 Å². The summed E-state index contributed by atoms with van der Waals surface area (Å²) in [5.41, 5.74) is 0.723. The first-order valence-corrected chi connectivity index (χ1v) is 7.87. The highest BCUT2D eigenvalue weighted by atomic mass is 16.5. The monoisotopic (exact) mass is 307 g/mol. The Morgan fingerprint density at radius 2 is 1.95 bits per heavy atom. The minimum Gasteiger partial charge on any atom is -0.497 e. The van der Waals surface area contributed by atoms with Crippen molar-refractivity contribution in [2.24, 2.45) is 5.92 Å². The van der Waals surface area contributed by atoms with Crippen molar-refractivity contribution >= 4 is 11.7 Å². The Morgan fingerprint density at radius 1 is 1.27 bits per heavy atom. The smallest absolute Gasteiger partial charge is 0.319 e. The standard InChI is InChI=1S/C17H29N3O2/c1-6-13(7-2)16(20(3)4)12-18-17(21)19-14-9-8-10-15(11-14)22-5/h8-11,13,16H,6-7,12H2,1-5H3,(H2,18,19,21)/t16-/m0/s1. The van der Waals surface area contributed by atoms with E-state index in [1.54, 1.807) is 13.2 Å². The molecule has 22 heavy (non-hydrogen) atoms. The lowest BCUT2D eigenvalue weighted by atomic mass is 9.93. The van der Waals surface area contributed by atoms with E-state index in [-0.39, 0.29) is 6.03 Å². The number of carbonyl (C=O) groups is 1. The molecule has 0 fully saturated rings. The maximum absolute atomic E-state index is 12.1. The molecule has 0 aliphatic rings. The molecule has 2 N–H and O–H groups in total. The zero-order valence-electron chi connectivity index (χ0n) is 14.3. The van der Waals surface area contributed by atoms with Gasteiger partial charge in [-0.25, -0.2) is 4.79 Å². The molecule has 0 radical (unpaired) electrons. The van der Waals surface area contributed by atoms with Crippen LogP contribution in [0.1, 0.15) is 26.7 Å². The summed E-state index contributed by atoms with van der Waals surface area (Å²) < 4.78 is 5.15. The lowest BCUT2D eigenvalue weighted by Crippen LogP contribution is -2.45. The summed E-state index contributed by atoms with van der Waals surface area (Å²) in [5.74, 6) is 1.30. The van der Waals surface area contributed by atoms with E-state index in [0.717, 1.165) is 24.3 Å². The van der Waals surface area contributed by atoms with E-state index in [4.69, 9.17) is 4.74 Å². The SMILES string of the molecule is CCC(CC)[C@H](CNC(=O)Nc1cccc(OC)c1)N(C)C. The second-order valence-corrected chi connectivity index (χ2v) is 5.67. The second-order valence-electron chi connectivity index (χ2n) is 5.67. The fraction of sp³-hybridized carbons (Fsp3) is 0.588. The maximum atomic E-state index is 12.1. The molecule has 1 rings (SSSR count). The summed E-state index contributed by atoms with van der Waals surface area (Å²) in [4.78, 5) is 14.2. The first-order chi connectivity index (χ1) is 10.5. The quantitative estimate of drug-likeness (QED) is 0.775. The van der Waals surface area contributed by atoms with E-state index in [9.17, 15) is 4.79 Å². The molecule has 0 unspecified atom stereocenters. The van der Waals surface area contributed by atoms with Crippen LogP contribution in [0.5, 0.6) is 5.75 Å². The van der Waals surface area contributed by atoms with Gasteiger partial charge in [0.1, 0.15) is 5.75 Å². The van der Waals surface area contributed by atoms with Crippen molar-refractivity contribution in [2.75, 3.05) is 33.1 Å². The van der Waals surface area contributed by atoms with Gasteiger partial charge in [-0.15, -0.1) is 0 Å². The average molecular weight is 307 g/mol. The lowest BCUT2D eigenvalue weighted by Gasteiger charge is -2.31. The van der Waals surface area contributed by atoms with Crippen LogP contribution in [0, 0.1) is 5.92 Å². The molecule has 2 amide bonds. The molecular formula is C17H29N3O2. The molecule has 0 aliphatic carbocycles. The normalized spacial score (nSPS) is 12.3. The van der Waals surface area contributed by atoms with Crippen LogP contribution in [-0.4, -0.2) is 44.7 Å². The minimum absolute atomic E-state index is 0.189. The number of nitrogens with one attached hydrogen (secondary N) is 2. The zero-order valence-corrected chi connectivity index (χ0v) is 14.3. The Bertz CT molecular complexity index is 459. The molecule has 1 aromatic rings. The highest BCUT2D eigenvalue weighted by Crippen LogP contribution is 2.17. The molecule has 5 nitrogen and oxygen atoms in total. The summed E-state index contributed by atoms with van der Waals surface area (Å²) in [6.07, 6.45) is 2.22. The van der Waals surface area contributed by atoms with Crippen molar-refractivity contribution in [3.8, 4) is 5.75 Å². The van der Waals surface area contributed by atoms with Gasteiger partial charge in [-0.3, -0.25) is 0 Å². The first-order valence-electron chi connectivity index (χ1n) is 7.87. The van der Waals surface area contributed by atoms with Crippen molar-refractivity contribution in [1.29, 1.82) is 0 Å². The van der Waals surface area contributed by atoms with Gasteiger partial charge in [0, 0.05) is 24.3 Å². The fourth-order valence-electron chi connectivity index (χ4n) is 2.68. The minimum atomic E-state index is -0.189. The molecule has 0 aliphatic heterocycles. The Morgan fingerprint density at radius 3 is 2.50 bits per heavy atom. The maximum Gasteiger partial charge on any atom is 0.319 e. The molecule has 124 valence electrons. The average Bonchev–Trinajstić information content (AvgIpc) is 2.51. The largest absolute Gasteiger partial charge is 0.497 e.